The second-order valence-electron chi connectivity index (χ2n) is 4.96. The van der Waals surface area contributed by atoms with Crippen molar-refractivity contribution in [3.8, 4) is 5.75 Å². The zero-order chi connectivity index (χ0) is 14.7. The summed E-state index contributed by atoms with van der Waals surface area (Å²) in [5.41, 5.74) is 1.13. The first-order valence-corrected chi connectivity index (χ1v) is 8.19. The van der Waals surface area contributed by atoms with E-state index in [0.717, 1.165) is 33.9 Å². The Morgan fingerprint density at radius 2 is 2.00 bits per heavy atom. The summed E-state index contributed by atoms with van der Waals surface area (Å²) in [5, 5.41) is 6.04. The molecule has 0 aromatic heterocycles. The summed E-state index contributed by atoms with van der Waals surface area (Å²) in [5.74, 6) is 0.592. The molecule has 0 spiro atoms. The fraction of sp³-hybridized carbons (Fsp3) is 0.500. The molecule has 1 amide bonds. The van der Waals surface area contributed by atoms with E-state index in [1.54, 1.807) is 6.92 Å². The van der Waals surface area contributed by atoms with Crippen LogP contribution in [-0.2, 0) is 11.3 Å². The summed E-state index contributed by atoms with van der Waals surface area (Å²) in [6.45, 7) is 2.54. The molecule has 1 aliphatic rings. The molecular weight excluding hydrogens is 388 g/mol. The van der Waals surface area contributed by atoms with Crippen LogP contribution in [0.4, 0.5) is 0 Å². The molecule has 1 atom stereocenters. The number of benzene rings is 1. The van der Waals surface area contributed by atoms with Gasteiger partial charge in [0.15, 0.2) is 6.10 Å². The van der Waals surface area contributed by atoms with Crippen LogP contribution in [0.5, 0.6) is 5.75 Å². The minimum atomic E-state index is -0.515. The quantitative estimate of drug-likeness (QED) is 0.764. The van der Waals surface area contributed by atoms with Crippen molar-refractivity contribution in [2.24, 2.45) is 0 Å². The number of amides is 1. The number of carbonyl (C=O) groups is 1. The van der Waals surface area contributed by atoms with Gasteiger partial charge in [0.25, 0.3) is 5.91 Å². The molecule has 0 saturated heterocycles. The number of rotatable bonds is 6. The van der Waals surface area contributed by atoms with Crippen molar-refractivity contribution in [1.29, 1.82) is 0 Å². The lowest BCUT2D eigenvalue weighted by Crippen LogP contribution is -2.37. The average molecular weight is 406 g/mol. The van der Waals surface area contributed by atoms with Gasteiger partial charge < -0.3 is 15.4 Å². The Balaban J connectivity index is 2.05. The van der Waals surface area contributed by atoms with E-state index in [-0.39, 0.29) is 5.91 Å². The third kappa shape index (κ3) is 4.20. The summed E-state index contributed by atoms with van der Waals surface area (Å²) < 4.78 is 7.45. The Morgan fingerprint density at radius 1 is 1.40 bits per heavy atom. The summed E-state index contributed by atoms with van der Waals surface area (Å²) in [4.78, 5) is 11.9. The molecule has 0 radical (unpaired) electrons. The zero-order valence-corrected chi connectivity index (χ0v) is 14.7. The first-order valence-electron chi connectivity index (χ1n) is 6.60. The monoisotopic (exact) mass is 404 g/mol. The standard InChI is InChI=1S/C14H18Br2N2O2/c1-8(14(19)18-10-3-4-10)20-13-11(15)5-9(7-17-2)6-12(13)16/h5-6,8,10,17H,3-4,7H2,1-2H3,(H,18,19). The van der Waals surface area contributed by atoms with Gasteiger partial charge in [-0.3, -0.25) is 4.79 Å². The van der Waals surface area contributed by atoms with Crippen LogP contribution in [0.25, 0.3) is 0 Å². The number of hydrogen-bond donors (Lipinski definition) is 2. The van der Waals surface area contributed by atoms with E-state index in [9.17, 15) is 4.79 Å². The van der Waals surface area contributed by atoms with Crippen LogP contribution in [0.15, 0.2) is 21.1 Å². The van der Waals surface area contributed by atoms with Crippen molar-refractivity contribution in [3.05, 3.63) is 26.6 Å². The minimum Gasteiger partial charge on any atom is -0.479 e. The zero-order valence-electron chi connectivity index (χ0n) is 11.5. The molecule has 2 rings (SSSR count). The van der Waals surface area contributed by atoms with Crippen LogP contribution >= 0.6 is 31.9 Å². The molecule has 20 heavy (non-hydrogen) atoms. The van der Waals surface area contributed by atoms with Gasteiger partial charge in [-0.2, -0.15) is 0 Å². The lowest BCUT2D eigenvalue weighted by atomic mass is 10.2. The van der Waals surface area contributed by atoms with Gasteiger partial charge in [-0.05, 0) is 76.4 Å². The normalized spacial score (nSPS) is 15.8. The smallest absolute Gasteiger partial charge is 0.260 e. The largest absolute Gasteiger partial charge is 0.479 e. The van der Waals surface area contributed by atoms with Gasteiger partial charge >= 0.3 is 0 Å². The van der Waals surface area contributed by atoms with E-state index >= 15 is 0 Å². The number of ether oxygens (including phenoxy) is 1. The molecule has 1 aromatic rings. The van der Waals surface area contributed by atoms with E-state index in [4.69, 9.17) is 4.74 Å². The summed E-state index contributed by atoms with van der Waals surface area (Å²) in [6.07, 6.45) is 1.63. The van der Waals surface area contributed by atoms with Gasteiger partial charge in [-0.25, -0.2) is 0 Å². The second-order valence-corrected chi connectivity index (χ2v) is 6.67. The van der Waals surface area contributed by atoms with Gasteiger partial charge in [0.1, 0.15) is 5.75 Å². The highest BCUT2D eigenvalue weighted by molar-refractivity contribution is 9.11. The van der Waals surface area contributed by atoms with E-state index in [0.29, 0.717) is 11.8 Å². The molecule has 1 fully saturated rings. The summed E-state index contributed by atoms with van der Waals surface area (Å²) in [6, 6.07) is 4.32. The van der Waals surface area contributed by atoms with Gasteiger partial charge in [0.05, 0.1) is 8.95 Å². The van der Waals surface area contributed by atoms with Crippen LogP contribution in [0.3, 0.4) is 0 Å². The van der Waals surface area contributed by atoms with E-state index in [1.807, 2.05) is 19.2 Å². The first kappa shape index (κ1) is 15.8. The molecule has 0 bridgehead atoms. The molecule has 4 nitrogen and oxygen atoms in total. The Morgan fingerprint density at radius 3 is 2.50 bits per heavy atom. The predicted octanol–water partition coefficient (Wildman–Crippen LogP) is 2.98. The first-order chi connectivity index (χ1) is 9.51. The Bertz CT molecular complexity index is 481. The fourth-order valence-electron chi connectivity index (χ4n) is 1.81. The molecule has 1 unspecified atom stereocenters. The molecular formula is C14H18Br2N2O2. The average Bonchev–Trinajstić information content (AvgIpc) is 3.17. The van der Waals surface area contributed by atoms with Crippen molar-refractivity contribution >= 4 is 37.8 Å². The van der Waals surface area contributed by atoms with Gasteiger partial charge in [0.2, 0.25) is 0 Å². The van der Waals surface area contributed by atoms with Crippen LogP contribution in [-0.4, -0.2) is 25.1 Å². The van der Waals surface area contributed by atoms with E-state index in [1.165, 1.54) is 0 Å². The van der Waals surface area contributed by atoms with Gasteiger partial charge in [-0.15, -0.1) is 0 Å². The molecule has 0 heterocycles. The number of halogens is 2. The second kappa shape index (κ2) is 6.91. The molecule has 6 heteroatoms. The fourth-order valence-corrected chi connectivity index (χ4v) is 3.28. The highest BCUT2D eigenvalue weighted by Crippen LogP contribution is 2.35. The van der Waals surface area contributed by atoms with Crippen molar-refractivity contribution in [1.82, 2.24) is 10.6 Å². The molecule has 1 saturated carbocycles. The molecule has 2 N–H and O–H groups in total. The Labute approximate surface area is 135 Å². The van der Waals surface area contributed by atoms with Crippen LogP contribution in [0, 0.1) is 0 Å². The maximum Gasteiger partial charge on any atom is 0.260 e. The molecule has 110 valence electrons. The molecule has 0 aliphatic heterocycles. The highest BCUT2D eigenvalue weighted by atomic mass is 79.9. The molecule has 1 aliphatic carbocycles. The van der Waals surface area contributed by atoms with Crippen LogP contribution in [0.1, 0.15) is 25.3 Å². The summed E-state index contributed by atoms with van der Waals surface area (Å²) in [7, 11) is 1.90. The van der Waals surface area contributed by atoms with Crippen LogP contribution in [0.2, 0.25) is 0 Å². The minimum absolute atomic E-state index is 0.0643. The lowest BCUT2D eigenvalue weighted by Gasteiger charge is -2.17. The summed E-state index contributed by atoms with van der Waals surface area (Å²) >= 11 is 6.99. The topological polar surface area (TPSA) is 50.4 Å². The molecule has 1 aromatic carbocycles. The predicted molar refractivity (Wildman–Crippen MR) is 85.9 cm³/mol. The number of carbonyl (C=O) groups excluding carboxylic acids is 1. The van der Waals surface area contributed by atoms with Crippen LogP contribution < -0.4 is 15.4 Å². The van der Waals surface area contributed by atoms with Crippen molar-refractivity contribution < 1.29 is 9.53 Å². The van der Waals surface area contributed by atoms with E-state index in [2.05, 4.69) is 42.5 Å². The lowest BCUT2D eigenvalue weighted by molar-refractivity contribution is -0.127. The van der Waals surface area contributed by atoms with Gasteiger partial charge in [0, 0.05) is 12.6 Å². The van der Waals surface area contributed by atoms with Crippen molar-refractivity contribution in [2.75, 3.05) is 7.05 Å². The third-order valence-corrected chi connectivity index (χ3v) is 4.20. The maximum atomic E-state index is 11.9. The number of nitrogens with one attached hydrogen (secondary N) is 2. The van der Waals surface area contributed by atoms with Crippen molar-refractivity contribution in [3.63, 3.8) is 0 Å². The van der Waals surface area contributed by atoms with Gasteiger partial charge in [-0.1, -0.05) is 0 Å². The Kier molecular flexibility index (Phi) is 5.46. The Hall–Kier alpha value is -0.590. The number of hydrogen-bond acceptors (Lipinski definition) is 3. The maximum absolute atomic E-state index is 11.9. The SMILES string of the molecule is CNCc1cc(Br)c(OC(C)C(=O)NC2CC2)c(Br)c1. The highest BCUT2D eigenvalue weighted by Gasteiger charge is 2.27. The van der Waals surface area contributed by atoms with Crippen molar-refractivity contribution in [2.45, 2.75) is 38.5 Å². The van der Waals surface area contributed by atoms with E-state index < -0.39 is 6.10 Å². The third-order valence-electron chi connectivity index (χ3n) is 3.03.